The monoisotopic (exact) mass is 638 g/mol. The van der Waals surface area contributed by atoms with Crippen molar-refractivity contribution in [1.82, 2.24) is 9.97 Å². The second-order valence-electron chi connectivity index (χ2n) is 11.7. The van der Waals surface area contributed by atoms with E-state index in [0.29, 0.717) is 0 Å². The SMILES string of the molecule is O=P(c1ccccc1)(c1ccccc1)c1ccc(-c2cccc3sc4ccc(-c5ccc6ccc7cccnc7c6n5)cc4c23)cc1. The number of benzene rings is 6. The van der Waals surface area contributed by atoms with Crippen LogP contribution < -0.4 is 15.9 Å². The number of rotatable bonds is 5. The summed E-state index contributed by atoms with van der Waals surface area (Å²) >= 11 is 1.81. The highest BCUT2D eigenvalue weighted by atomic mass is 32.1. The predicted molar refractivity (Wildman–Crippen MR) is 200 cm³/mol. The molecule has 0 radical (unpaired) electrons. The van der Waals surface area contributed by atoms with Gasteiger partial charge in [0.15, 0.2) is 7.14 Å². The van der Waals surface area contributed by atoms with E-state index < -0.39 is 7.14 Å². The van der Waals surface area contributed by atoms with Crippen LogP contribution in [0.15, 0.2) is 164 Å². The number of pyridine rings is 2. The summed E-state index contributed by atoms with van der Waals surface area (Å²) < 4.78 is 17.4. The van der Waals surface area contributed by atoms with Crippen LogP contribution in [0.4, 0.5) is 0 Å². The largest absolute Gasteiger partial charge is 0.309 e. The van der Waals surface area contributed by atoms with Crippen LogP contribution >= 0.6 is 18.5 Å². The van der Waals surface area contributed by atoms with Crippen LogP contribution in [0, 0.1) is 0 Å². The van der Waals surface area contributed by atoms with Crippen molar-refractivity contribution in [1.29, 1.82) is 0 Å². The van der Waals surface area contributed by atoms with Crippen molar-refractivity contribution < 1.29 is 4.57 Å². The molecule has 9 rings (SSSR count). The van der Waals surface area contributed by atoms with E-state index in [1.165, 1.54) is 20.2 Å². The standard InChI is InChI=1S/C42H27N2OPS/c45-46(32-10-3-1-4-11-32,33-12-5-2-6-13-33)34-22-18-28(19-23-34)35-14-7-15-39-40(35)36-27-31(21-25-38(36)47-39)37-24-20-30-17-16-29-9-8-26-43-41(29)42(30)44-37/h1-27H. The maximum absolute atomic E-state index is 14.9. The van der Waals surface area contributed by atoms with Gasteiger partial charge in [-0.25, -0.2) is 4.98 Å². The zero-order chi connectivity index (χ0) is 31.4. The van der Waals surface area contributed by atoms with Gasteiger partial charge in [0.1, 0.15) is 0 Å². The molecule has 3 nitrogen and oxygen atoms in total. The van der Waals surface area contributed by atoms with Crippen molar-refractivity contribution in [3.63, 3.8) is 0 Å². The van der Waals surface area contributed by atoms with Gasteiger partial charge in [-0.15, -0.1) is 11.3 Å². The molecule has 0 aliphatic rings. The fourth-order valence-electron chi connectivity index (χ4n) is 6.69. The predicted octanol–water partition coefficient (Wildman–Crippen LogP) is 10.1. The Bertz CT molecular complexity index is 2610. The zero-order valence-electron chi connectivity index (χ0n) is 25.2. The van der Waals surface area contributed by atoms with Gasteiger partial charge < -0.3 is 4.57 Å². The summed E-state index contributed by atoms with van der Waals surface area (Å²) in [6.07, 6.45) is 1.83. The molecule has 5 heteroatoms. The van der Waals surface area contributed by atoms with E-state index in [9.17, 15) is 4.57 Å². The topological polar surface area (TPSA) is 42.9 Å². The van der Waals surface area contributed by atoms with Crippen LogP contribution in [0.3, 0.4) is 0 Å². The zero-order valence-corrected chi connectivity index (χ0v) is 27.0. The molecule has 47 heavy (non-hydrogen) atoms. The highest BCUT2D eigenvalue weighted by molar-refractivity contribution is 7.85. The first-order chi connectivity index (χ1) is 23.2. The molecule has 0 aliphatic carbocycles. The fourth-order valence-corrected chi connectivity index (χ4v) is 10.4. The van der Waals surface area contributed by atoms with Crippen LogP contribution in [0.25, 0.3) is 64.4 Å². The van der Waals surface area contributed by atoms with E-state index in [-0.39, 0.29) is 0 Å². The molecule has 0 amide bonds. The molecule has 3 heterocycles. The summed E-state index contributed by atoms with van der Waals surface area (Å²) in [6, 6.07) is 53.7. The van der Waals surface area contributed by atoms with Gasteiger partial charge in [0.2, 0.25) is 0 Å². The van der Waals surface area contributed by atoms with E-state index in [0.717, 1.165) is 60.1 Å². The Morgan fingerprint density at radius 3 is 1.91 bits per heavy atom. The molecule has 3 aromatic heterocycles. The third-order valence-electron chi connectivity index (χ3n) is 9.00. The number of aromatic nitrogens is 2. The number of fused-ring (bicyclic) bond motifs is 6. The quantitative estimate of drug-likeness (QED) is 0.139. The summed E-state index contributed by atoms with van der Waals surface area (Å²) in [4.78, 5) is 9.77. The Balaban J connectivity index is 1.17. The Labute approximate surface area is 276 Å². The fraction of sp³-hybridized carbons (Fsp3) is 0. The van der Waals surface area contributed by atoms with E-state index in [1.54, 1.807) is 11.3 Å². The average Bonchev–Trinajstić information content (AvgIpc) is 3.53. The molecule has 9 aromatic rings. The highest BCUT2D eigenvalue weighted by Gasteiger charge is 2.29. The first-order valence-corrected chi connectivity index (χ1v) is 18.1. The molecule has 0 bridgehead atoms. The molecule has 0 unspecified atom stereocenters. The lowest BCUT2D eigenvalue weighted by Gasteiger charge is -2.20. The van der Waals surface area contributed by atoms with Crippen molar-refractivity contribution in [3.05, 3.63) is 164 Å². The molecule has 0 saturated carbocycles. The van der Waals surface area contributed by atoms with Gasteiger partial charge in [-0.2, -0.15) is 0 Å². The Kier molecular flexibility index (Phi) is 6.60. The van der Waals surface area contributed by atoms with Gasteiger partial charge in [-0.05, 0) is 41.5 Å². The van der Waals surface area contributed by atoms with Crippen molar-refractivity contribution in [3.8, 4) is 22.4 Å². The second kappa shape index (κ2) is 11.1. The minimum atomic E-state index is -3.05. The van der Waals surface area contributed by atoms with E-state index >= 15 is 0 Å². The molecule has 0 saturated heterocycles. The highest BCUT2D eigenvalue weighted by Crippen LogP contribution is 2.44. The van der Waals surface area contributed by atoms with Crippen LogP contribution in [0.5, 0.6) is 0 Å². The van der Waals surface area contributed by atoms with Crippen molar-refractivity contribution >= 4 is 76.4 Å². The molecule has 0 aliphatic heterocycles. The first kappa shape index (κ1) is 27.9. The number of hydrogen-bond acceptors (Lipinski definition) is 4. The summed E-state index contributed by atoms with van der Waals surface area (Å²) in [7, 11) is -3.05. The van der Waals surface area contributed by atoms with E-state index in [1.807, 2.05) is 85.1 Å². The van der Waals surface area contributed by atoms with Gasteiger partial charge in [-0.3, -0.25) is 4.98 Å². The van der Waals surface area contributed by atoms with E-state index in [2.05, 4.69) is 83.8 Å². The molecule has 0 spiro atoms. The average molecular weight is 639 g/mol. The Morgan fingerprint density at radius 1 is 0.511 bits per heavy atom. The van der Waals surface area contributed by atoms with Crippen LogP contribution in [-0.2, 0) is 4.57 Å². The van der Waals surface area contributed by atoms with Gasteiger partial charge in [0.25, 0.3) is 0 Å². The summed E-state index contributed by atoms with van der Waals surface area (Å²) in [5, 5.41) is 7.10. The number of thiophene rings is 1. The molecule has 6 aromatic carbocycles. The summed E-state index contributed by atoms with van der Waals surface area (Å²) in [5.74, 6) is 0. The lowest BCUT2D eigenvalue weighted by Crippen LogP contribution is -2.24. The molecule has 0 atom stereocenters. The maximum Gasteiger partial charge on any atom is 0.171 e. The van der Waals surface area contributed by atoms with Crippen molar-refractivity contribution in [2.75, 3.05) is 0 Å². The maximum atomic E-state index is 14.9. The smallest absolute Gasteiger partial charge is 0.171 e. The van der Waals surface area contributed by atoms with Gasteiger partial charge >= 0.3 is 0 Å². The minimum Gasteiger partial charge on any atom is -0.309 e. The van der Waals surface area contributed by atoms with Crippen molar-refractivity contribution in [2.45, 2.75) is 0 Å². The molecular weight excluding hydrogens is 612 g/mol. The third kappa shape index (κ3) is 4.60. The normalized spacial score (nSPS) is 11.9. The molecule has 0 fully saturated rings. The molecule has 222 valence electrons. The third-order valence-corrected chi connectivity index (χ3v) is 13.2. The summed E-state index contributed by atoms with van der Waals surface area (Å²) in [5.41, 5.74) is 6.09. The van der Waals surface area contributed by atoms with Gasteiger partial charge in [0, 0.05) is 58.6 Å². The minimum absolute atomic E-state index is 0.827. The van der Waals surface area contributed by atoms with Crippen molar-refractivity contribution in [2.24, 2.45) is 0 Å². The van der Waals surface area contributed by atoms with Crippen LogP contribution in [0.1, 0.15) is 0 Å². The number of hydrogen-bond donors (Lipinski definition) is 0. The first-order valence-electron chi connectivity index (χ1n) is 15.6. The lowest BCUT2D eigenvalue weighted by atomic mass is 9.98. The Morgan fingerprint density at radius 2 is 1.17 bits per heavy atom. The number of nitrogens with zero attached hydrogens (tertiary/aromatic N) is 2. The van der Waals surface area contributed by atoms with Crippen LogP contribution in [0.2, 0.25) is 0 Å². The second-order valence-corrected chi connectivity index (χ2v) is 15.6. The summed E-state index contributed by atoms with van der Waals surface area (Å²) in [6.45, 7) is 0. The molecular formula is C42H27N2OPS. The van der Waals surface area contributed by atoms with Gasteiger partial charge in [0.05, 0.1) is 16.7 Å². The Hall–Kier alpha value is -5.41. The van der Waals surface area contributed by atoms with Crippen LogP contribution in [-0.4, -0.2) is 9.97 Å². The molecule has 0 N–H and O–H groups in total. The lowest BCUT2D eigenvalue weighted by molar-refractivity contribution is 0.592. The van der Waals surface area contributed by atoms with Gasteiger partial charge in [-0.1, -0.05) is 127 Å². The van der Waals surface area contributed by atoms with E-state index in [4.69, 9.17) is 4.98 Å².